The first-order chi connectivity index (χ1) is 34.8. The van der Waals surface area contributed by atoms with Crippen LogP contribution in [0.25, 0.3) is 72.0 Å². The number of fused-ring (bicyclic) bond motifs is 22. The summed E-state index contributed by atoms with van der Waals surface area (Å²) in [7, 11) is 0. The normalized spacial score (nSPS) is 14.2. The van der Waals surface area contributed by atoms with E-state index in [0.29, 0.717) is 0 Å². The van der Waals surface area contributed by atoms with E-state index in [1.165, 1.54) is 117 Å². The van der Waals surface area contributed by atoms with Gasteiger partial charge in [0.25, 0.3) is 0 Å². The Morgan fingerprint density at radius 2 is 0.757 bits per heavy atom. The molecule has 12 aromatic rings. The van der Waals surface area contributed by atoms with Crippen molar-refractivity contribution < 1.29 is 0 Å². The lowest BCUT2D eigenvalue weighted by atomic mass is 9.65. The molecule has 0 saturated heterocycles. The Labute approximate surface area is 406 Å². The summed E-state index contributed by atoms with van der Waals surface area (Å²) in [5.74, 6) is 0. The van der Waals surface area contributed by atoms with Crippen molar-refractivity contribution in [3.05, 3.63) is 299 Å². The van der Waals surface area contributed by atoms with Gasteiger partial charge < -0.3 is 9.47 Å². The van der Waals surface area contributed by atoms with Crippen LogP contribution in [0.1, 0.15) is 44.5 Å². The number of benzene rings is 11. The van der Waals surface area contributed by atoms with Crippen molar-refractivity contribution in [1.82, 2.24) is 4.57 Å². The van der Waals surface area contributed by atoms with Crippen molar-refractivity contribution in [3.63, 3.8) is 0 Å². The fourth-order valence-corrected chi connectivity index (χ4v) is 13.9. The number of rotatable bonds is 4. The Hall–Kier alpha value is -8.98. The first-order valence-corrected chi connectivity index (χ1v) is 24.5. The monoisotopic (exact) mass is 886 g/mol. The summed E-state index contributed by atoms with van der Waals surface area (Å²) in [6.07, 6.45) is 0. The van der Waals surface area contributed by atoms with Crippen molar-refractivity contribution in [1.29, 1.82) is 0 Å². The highest BCUT2D eigenvalue weighted by atomic mass is 15.2. The molecule has 0 saturated carbocycles. The molecule has 0 N–H and O–H groups in total. The van der Waals surface area contributed by atoms with E-state index in [2.05, 4.69) is 264 Å². The van der Waals surface area contributed by atoms with Gasteiger partial charge in [0, 0.05) is 27.6 Å². The highest BCUT2D eigenvalue weighted by Crippen LogP contribution is 2.66. The molecular weight excluding hydrogens is 845 g/mol. The molecule has 0 atom stereocenters. The predicted octanol–water partition coefficient (Wildman–Crippen LogP) is 16.9. The van der Waals surface area contributed by atoms with Crippen LogP contribution in [-0.2, 0) is 10.8 Å². The molecule has 0 unspecified atom stereocenters. The number of hydrogen-bond donors (Lipinski definition) is 0. The van der Waals surface area contributed by atoms with Crippen LogP contribution in [0.4, 0.5) is 17.1 Å². The maximum absolute atomic E-state index is 2.58. The number of anilines is 3. The largest absolute Gasteiger partial charge is 0.309 e. The quantitative estimate of drug-likeness (QED) is 0.171. The average molecular weight is 887 g/mol. The lowest BCUT2D eigenvalue weighted by Gasteiger charge is -2.40. The van der Waals surface area contributed by atoms with Gasteiger partial charge in [0.2, 0.25) is 0 Å². The van der Waals surface area contributed by atoms with E-state index in [9.17, 15) is 0 Å². The van der Waals surface area contributed by atoms with Gasteiger partial charge in [-0.3, -0.25) is 0 Å². The first kappa shape index (κ1) is 38.0. The Morgan fingerprint density at radius 3 is 1.41 bits per heavy atom. The Balaban J connectivity index is 1.04. The van der Waals surface area contributed by atoms with Crippen LogP contribution in [-0.4, -0.2) is 4.57 Å². The van der Waals surface area contributed by atoms with Gasteiger partial charge in [-0.1, -0.05) is 224 Å². The minimum Gasteiger partial charge on any atom is -0.309 e. The molecule has 3 aliphatic carbocycles. The van der Waals surface area contributed by atoms with Crippen LogP contribution >= 0.6 is 0 Å². The smallest absolute Gasteiger partial charge is 0.0754 e. The summed E-state index contributed by atoms with van der Waals surface area (Å²) >= 11 is 0. The summed E-state index contributed by atoms with van der Waals surface area (Å²) in [5.41, 5.74) is 26.7. The Bertz CT molecular complexity index is 4120. The van der Waals surface area contributed by atoms with E-state index in [-0.39, 0.29) is 0 Å². The lowest BCUT2D eigenvalue weighted by molar-refractivity contribution is 0.748. The van der Waals surface area contributed by atoms with Gasteiger partial charge in [0.1, 0.15) is 0 Å². The number of hydrogen-bond acceptors (Lipinski definition) is 1. The topological polar surface area (TPSA) is 8.17 Å². The third kappa shape index (κ3) is 4.55. The lowest BCUT2D eigenvalue weighted by Crippen LogP contribution is -2.33. The number of nitrogens with zero attached hydrogens (tertiary/aromatic N) is 2. The molecule has 0 bridgehead atoms. The second-order valence-corrected chi connectivity index (χ2v) is 19.4. The van der Waals surface area contributed by atoms with Crippen LogP contribution in [0.15, 0.2) is 255 Å². The minimum absolute atomic E-state index is 0.482. The van der Waals surface area contributed by atoms with E-state index in [1.807, 2.05) is 0 Å². The van der Waals surface area contributed by atoms with E-state index in [4.69, 9.17) is 0 Å². The molecule has 0 radical (unpaired) electrons. The van der Waals surface area contributed by atoms with Crippen molar-refractivity contribution in [2.24, 2.45) is 0 Å². The highest BCUT2D eigenvalue weighted by Gasteiger charge is 2.53. The van der Waals surface area contributed by atoms with Crippen LogP contribution in [0.5, 0.6) is 0 Å². The predicted molar refractivity (Wildman–Crippen MR) is 288 cm³/mol. The molecule has 1 aliphatic heterocycles. The molecule has 0 fully saturated rings. The zero-order chi connectivity index (χ0) is 45.7. The Morgan fingerprint density at radius 1 is 0.300 bits per heavy atom. The molecule has 4 aliphatic rings. The molecular formula is C68H42N2. The van der Waals surface area contributed by atoms with Crippen LogP contribution < -0.4 is 4.90 Å². The van der Waals surface area contributed by atoms with Crippen LogP contribution in [0.3, 0.4) is 0 Å². The van der Waals surface area contributed by atoms with E-state index in [1.54, 1.807) is 0 Å². The van der Waals surface area contributed by atoms with Gasteiger partial charge in [0.15, 0.2) is 0 Å². The van der Waals surface area contributed by atoms with Gasteiger partial charge >= 0.3 is 0 Å². The molecule has 0 amide bonds. The van der Waals surface area contributed by atoms with Crippen LogP contribution in [0.2, 0.25) is 0 Å². The summed E-state index contributed by atoms with van der Waals surface area (Å²) in [6.45, 7) is 0. The molecule has 16 rings (SSSR count). The minimum atomic E-state index is -0.541. The Kier molecular flexibility index (Phi) is 7.51. The van der Waals surface area contributed by atoms with Crippen molar-refractivity contribution >= 4 is 38.9 Å². The standard InChI is InChI=1S/C68H42N2/c1-2-20-43(21-3-1)45-22-9-16-37-61(45)69(63-39-19-35-59-65(63)52-28-8-15-34-57(52)67(59)53-30-11-4-23-46(53)47-24-5-12-31-54(47)67)44-40-41-58-64(42-44)70-62-38-17-10-27-50(62)51-29-18-36-60(66(51)70)68(58)55-32-13-6-25-48(55)49-26-7-14-33-56(49)68/h1-42H. The summed E-state index contributed by atoms with van der Waals surface area (Å²) in [5, 5.41) is 2.54. The molecule has 1 aromatic heterocycles. The summed E-state index contributed by atoms with van der Waals surface area (Å²) in [4.78, 5) is 2.58. The molecule has 2 nitrogen and oxygen atoms in total. The maximum atomic E-state index is 2.58. The van der Waals surface area contributed by atoms with E-state index < -0.39 is 10.8 Å². The molecule has 2 heterocycles. The van der Waals surface area contributed by atoms with Gasteiger partial charge in [0.05, 0.1) is 38.9 Å². The maximum Gasteiger partial charge on any atom is 0.0754 e. The van der Waals surface area contributed by atoms with Crippen molar-refractivity contribution in [3.8, 4) is 50.2 Å². The zero-order valence-electron chi connectivity index (χ0n) is 38.1. The molecule has 11 aromatic carbocycles. The molecule has 324 valence electrons. The SMILES string of the molecule is c1ccc(-c2ccccc2N(c2ccc3c(c2)-n2c4ccccc4c4cccc(c42)C32c3ccccc3-c3ccccc32)c2cccc3c2-c2ccccc2C32c3ccccc3-c3ccccc32)cc1. The highest BCUT2D eigenvalue weighted by molar-refractivity contribution is 6.13. The van der Waals surface area contributed by atoms with E-state index in [0.717, 1.165) is 17.1 Å². The van der Waals surface area contributed by atoms with Gasteiger partial charge in [-0.2, -0.15) is 0 Å². The average Bonchev–Trinajstić information content (AvgIpc) is 4.13. The van der Waals surface area contributed by atoms with Gasteiger partial charge in [-0.15, -0.1) is 0 Å². The van der Waals surface area contributed by atoms with Gasteiger partial charge in [-0.05, 0) is 108 Å². The van der Waals surface area contributed by atoms with Gasteiger partial charge in [-0.25, -0.2) is 0 Å². The third-order valence-electron chi connectivity index (χ3n) is 16.4. The fourth-order valence-electron chi connectivity index (χ4n) is 13.9. The third-order valence-corrected chi connectivity index (χ3v) is 16.4. The number of aromatic nitrogens is 1. The van der Waals surface area contributed by atoms with Crippen LogP contribution in [0, 0.1) is 0 Å². The fraction of sp³-hybridized carbons (Fsp3) is 0.0294. The van der Waals surface area contributed by atoms with Crippen molar-refractivity contribution in [2.75, 3.05) is 4.90 Å². The summed E-state index contributed by atoms with van der Waals surface area (Å²) in [6, 6.07) is 96.1. The second-order valence-electron chi connectivity index (χ2n) is 19.4. The van der Waals surface area contributed by atoms with E-state index >= 15 is 0 Å². The second kappa shape index (κ2) is 13.8. The molecule has 70 heavy (non-hydrogen) atoms. The molecule has 2 spiro atoms. The first-order valence-electron chi connectivity index (χ1n) is 24.5. The zero-order valence-corrected chi connectivity index (χ0v) is 38.1. The van der Waals surface area contributed by atoms with Crippen molar-refractivity contribution in [2.45, 2.75) is 10.8 Å². The molecule has 2 heteroatoms. The number of para-hydroxylation sites is 3. The summed E-state index contributed by atoms with van der Waals surface area (Å²) < 4.78 is 2.58.